The summed E-state index contributed by atoms with van der Waals surface area (Å²) in [6.45, 7) is 10.2. The highest BCUT2D eigenvalue weighted by Gasteiger charge is 2.30. The summed E-state index contributed by atoms with van der Waals surface area (Å²) >= 11 is 0. The van der Waals surface area contributed by atoms with Crippen LogP contribution in [0.5, 0.6) is 0 Å². The van der Waals surface area contributed by atoms with Gasteiger partial charge in [-0.2, -0.15) is 0 Å². The average Bonchev–Trinajstić information content (AvgIpc) is 3.28. The molecule has 0 fully saturated rings. The summed E-state index contributed by atoms with van der Waals surface area (Å²) in [7, 11) is 0. The first-order valence-corrected chi connectivity index (χ1v) is 15.1. The molecule has 0 spiro atoms. The molecule has 0 saturated carbocycles. The van der Waals surface area contributed by atoms with Crippen molar-refractivity contribution in [2.45, 2.75) is 71.1 Å². The van der Waals surface area contributed by atoms with Crippen LogP contribution in [0.25, 0.3) is 11.1 Å². The van der Waals surface area contributed by atoms with Gasteiger partial charge in [0.05, 0.1) is 5.69 Å². The van der Waals surface area contributed by atoms with Crippen LogP contribution in [-0.2, 0) is 25.4 Å². The molecule has 1 atom stereocenters. The molecule has 3 aromatic carbocycles. The van der Waals surface area contributed by atoms with Crippen LogP contribution < -0.4 is 16.0 Å². The standard InChI is InChI=1S/C35H40N4O8/c1-34(2,3)46-32(43)38-30(39-33(44)47-35(4,5)6)36-22-17-15-21(16-18-22)19-28(29(40)41)37-31(42)45-20-27-25-13-9-7-11-23(25)24-12-8-10-14-26(24)27/h7-18,27-28H,19-20H2,1-6H3,(H,37,42)(H,40,41)(H2,36,38,39,43,44)/t28-/m1/s1. The van der Waals surface area contributed by atoms with E-state index in [9.17, 15) is 24.3 Å². The fourth-order valence-electron chi connectivity index (χ4n) is 4.94. The molecule has 3 aromatic rings. The number of amides is 3. The van der Waals surface area contributed by atoms with Crippen molar-refractivity contribution in [1.82, 2.24) is 16.0 Å². The number of carboxylic acids is 1. The van der Waals surface area contributed by atoms with Gasteiger partial charge in [0.25, 0.3) is 0 Å². The summed E-state index contributed by atoms with van der Waals surface area (Å²) < 4.78 is 16.0. The molecule has 47 heavy (non-hydrogen) atoms. The summed E-state index contributed by atoms with van der Waals surface area (Å²) in [6, 6.07) is 20.9. The number of fused-ring (bicyclic) bond motifs is 3. The Bertz CT molecular complexity index is 1580. The van der Waals surface area contributed by atoms with E-state index in [4.69, 9.17) is 14.2 Å². The quantitative estimate of drug-likeness (QED) is 0.133. The van der Waals surface area contributed by atoms with Crippen molar-refractivity contribution in [2.75, 3.05) is 6.61 Å². The highest BCUT2D eigenvalue weighted by molar-refractivity contribution is 6.02. The van der Waals surface area contributed by atoms with Gasteiger partial charge in [-0.1, -0.05) is 60.7 Å². The largest absolute Gasteiger partial charge is 0.480 e. The minimum Gasteiger partial charge on any atom is -0.480 e. The molecule has 0 bridgehead atoms. The van der Waals surface area contributed by atoms with Gasteiger partial charge in [0.15, 0.2) is 0 Å². The molecule has 0 saturated heterocycles. The van der Waals surface area contributed by atoms with Crippen molar-refractivity contribution in [3.8, 4) is 11.1 Å². The lowest BCUT2D eigenvalue weighted by Gasteiger charge is -2.22. The molecular formula is C35H40N4O8. The Balaban J connectivity index is 1.40. The van der Waals surface area contributed by atoms with Crippen molar-refractivity contribution < 1.29 is 38.5 Å². The van der Waals surface area contributed by atoms with Gasteiger partial charge in [-0.15, -0.1) is 0 Å². The third-order valence-corrected chi connectivity index (χ3v) is 6.79. The van der Waals surface area contributed by atoms with E-state index in [0.717, 1.165) is 22.3 Å². The number of rotatable bonds is 7. The number of aliphatic imine (C=N–C) groups is 1. The third-order valence-electron chi connectivity index (χ3n) is 6.79. The van der Waals surface area contributed by atoms with Gasteiger partial charge in [0.2, 0.25) is 5.96 Å². The molecule has 4 rings (SSSR count). The van der Waals surface area contributed by atoms with E-state index >= 15 is 0 Å². The molecule has 0 radical (unpaired) electrons. The zero-order chi connectivity index (χ0) is 34.4. The van der Waals surface area contributed by atoms with E-state index in [2.05, 4.69) is 20.9 Å². The van der Waals surface area contributed by atoms with Gasteiger partial charge in [-0.05, 0) is 81.5 Å². The fraction of sp³-hybridized carbons (Fsp3) is 0.343. The number of alkyl carbamates (subject to hydrolysis) is 3. The topological polar surface area (TPSA) is 165 Å². The lowest BCUT2D eigenvalue weighted by Crippen LogP contribution is -2.47. The Labute approximate surface area is 273 Å². The van der Waals surface area contributed by atoms with Crippen molar-refractivity contribution in [2.24, 2.45) is 4.99 Å². The second-order valence-electron chi connectivity index (χ2n) is 12.9. The normalized spacial score (nSPS) is 12.9. The predicted molar refractivity (Wildman–Crippen MR) is 176 cm³/mol. The summed E-state index contributed by atoms with van der Waals surface area (Å²) in [6.07, 6.45) is -2.56. The number of benzene rings is 3. The minimum absolute atomic E-state index is 0.0390. The Kier molecular flexibility index (Phi) is 10.5. The number of guanidine groups is 1. The number of hydrogen-bond acceptors (Lipinski definition) is 8. The van der Waals surface area contributed by atoms with E-state index < -0.39 is 41.5 Å². The lowest BCUT2D eigenvalue weighted by atomic mass is 9.98. The van der Waals surface area contributed by atoms with E-state index in [-0.39, 0.29) is 24.9 Å². The monoisotopic (exact) mass is 644 g/mol. The first kappa shape index (κ1) is 34.5. The Morgan fingerprint density at radius 3 is 1.70 bits per heavy atom. The first-order valence-electron chi connectivity index (χ1n) is 15.1. The second kappa shape index (κ2) is 14.4. The van der Waals surface area contributed by atoms with Crippen molar-refractivity contribution in [3.05, 3.63) is 89.5 Å². The van der Waals surface area contributed by atoms with E-state index in [0.29, 0.717) is 11.3 Å². The number of carbonyl (C=O) groups is 4. The zero-order valence-electron chi connectivity index (χ0n) is 27.2. The fourth-order valence-corrected chi connectivity index (χ4v) is 4.94. The number of ether oxygens (including phenoxy) is 3. The van der Waals surface area contributed by atoms with E-state index in [1.807, 2.05) is 48.5 Å². The summed E-state index contributed by atoms with van der Waals surface area (Å²) in [5.74, 6) is -1.63. The summed E-state index contributed by atoms with van der Waals surface area (Å²) in [4.78, 5) is 53.8. The predicted octanol–water partition coefficient (Wildman–Crippen LogP) is 6.26. The van der Waals surface area contributed by atoms with Gasteiger partial charge in [0.1, 0.15) is 23.9 Å². The lowest BCUT2D eigenvalue weighted by molar-refractivity contribution is -0.139. The summed E-state index contributed by atoms with van der Waals surface area (Å²) in [5, 5.41) is 17.1. The SMILES string of the molecule is CC(C)(C)OC(=O)NC(=Nc1ccc(C[C@@H](NC(=O)OCC2c3ccccc3-c3ccccc32)C(=O)O)cc1)NC(=O)OC(C)(C)C. The van der Waals surface area contributed by atoms with Crippen LogP contribution in [0.1, 0.15) is 64.2 Å². The van der Waals surface area contributed by atoms with Gasteiger partial charge in [-0.25, -0.2) is 24.2 Å². The summed E-state index contributed by atoms with van der Waals surface area (Å²) in [5.41, 5.74) is 3.58. The number of hydrogen-bond donors (Lipinski definition) is 4. The molecule has 1 aliphatic carbocycles. The zero-order valence-corrected chi connectivity index (χ0v) is 27.2. The average molecular weight is 645 g/mol. The van der Waals surface area contributed by atoms with Crippen LogP contribution in [0.3, 0.4) is 0 Å². The molecular weight excluding hydrogens is 604 g/mol. The third kappa shape index (κ3) is 10.1. The molecule has 248 valence electrons. The van der Waals surface area contributed by atoms with Crippen molar-refractivity contribution in [1.29, 1.82) is 0 Å². The van der Waals surface area contributed by atoms with Gasteiger partial charge >= 0.3 is 24.2 Å². The Hall–Kier alpha value is -5.39. The smallest absolute Gasteiger partial charge is 0.414 e. The molecule has 0 aromatic heterocycles. The first-order chi connectivity index (χ1) is 22.1. The van der Waals surface area contributed by atoms with Gasteiger partial charge in [-0.3, -0.25) is 10.6 Å². The highest BCUT2D eigenvalue weighted by Crippen LogP contribution is 2.44. The Morgan fingerprint density at radius 2 is 1.23 bits per heavy atom. The van der Waals surface area contributed by atoms with Crippen LogP contribution >= 0.6 is 0 Å². The molecule has 12 nitrogen and oxygen atoms in total. The highest BCUT2D eigenvalue weighted by atomic mass is 16.6. The molecule has 0 aliphatic heterocycles. The minimum atomic E-state index is -1.27. The maximum atomic E-state index is 12.7. The van der Waals surface area contributed by atoms with Crippen LogP contribution in [0.15, 0.2) is 77.8 Å². The van der Waals surface area contributed by atoms with Crippen molar-refractivity contribution in [3.63, 3.8) is 0 Å². The van der Waals surface area contributed by atoms with Crippen molar-refractivity contribution >= 4 is 35.9 Å². The molecule has 0 unspecified atom stereocenters. The number of carbonyl (C=O) groups excluding carboxylic acids is 3. The number of nitrogens with zero attached hydrogens (tertiary/aromatic N) is 1. The maximum Gasteiger partial charge on any atom is 0.414 e. The maximum absolute atomic E-state index is 12.7. The van der Waals surface area contributed by atoms with Crippen LogP contribution in [0.4, 0.5) is 20.1 Å². The second-order valence-corrected chi connectivity index (χ2v) is 12.9. The molecule has 12 heteroatoms. The van der Waals surface area contributed by atoms with Gasteiger partial charge in [0, 0.05) is 12.3 Å². The number of nitrogens with one attached hydrogen (secondary N) is 3. The molecule has 4 N–H and O–H groups in total. The van der Waals surface area contributed by atoms with Crippen LogP contribution in [0.2, 0.25) is 0 Å². The Morgan fingerprint density at radius 1 is 0.745 bits per heavy atom. The van der Waals surface area contributed by atoms with Gasteiger partial charge < -0.3 is 24.6 Å². The molecule has 0 heterocycles. The number of carboxylic acid groups (broad SMARTS) is 1. The van der Waals surface area contributed by atoms with E-state index in [1.165, 1.54) is 0 Å². The molecule has 1 aliphatic rings. The van der Waals surface area contributed by atoms with Crippen LogP contribution in [-0.4, -0.2) is 59.2 Å². The van der Waals surface area contributed by atoms with Crippen LogP contribution in [0, 0.1) is 0 Å². The number of aliphatic carboxylic acids is 1. The van der Waals surface area contributed by atoms with E-state index in [1.54, 1.807) is 65.8 Å². The molecule has 3 amide bonds.